The second-order valence-electron chi connectivity index (χ2n) is 6.52. The molecular formula is C15H29ClN2O2S. The van der Waals surface area contributed by atoms with Gasteiger partial charge >= 0.3 is 0 Å². The summed E-state index contributed by atoms with van der Waals surface area (Å²) in [4.78, 5) is 2.57. The Balaban J connectivity index is 1.99. The van der Waals surface area contributed by atoms with Gasteiger partial charge in [-0.25, -0.2) is 13.1 Å². The summed E-state index contributed by atoms with van der Waals surface area (Å²) in [5, 5.41) is 0. The summed E-state index contributed by atoms with van der Waals surface area (Å²) in [7, 11) is -3.18. The van der Waals surface area contributed by atoms with Crippen LogP contribution in [0, 0.1) is 0 Å². The second kappa shape index (κ2) is 8.14. The van der Waals surface area contributed by atoms with Crippen LogP contribution in [0.1, 0.15) is 57.8 Å². The highest BCUT2D eigenvalue weighted by atomic mass is 35.5. The number of nitrogens with one attached hydrogen (secondary N) is 1. The topological polar surface area (TPSA) is 49.4 Å². The number of nitrogens with zero attached hydrogens (tertiary/aromatic N) is 1. The maximum atomic E-state index is 12.1. The van der Waals surface area contributed by atoms with Gasteiger partial charge in [0.25, 0.3) is 0 Å². The summed E-state index contributed by atoms with van der Waals surface area (Å²) < 4.78 is 27.0. The Hall–Kier alpha value is 0.160. The molecule has 2 rings (SSSR count). The van der Waals surface area contributed by atoms with Crippen molar-refractivity contribution in [3.63, 3.8) is 0 Å². The van der Waals surface area contributed by atoms with Crippen LogP contribution in [-0.2, 0) is 10.0 Å². The minimum Gasteiger partial charge on any atom is -0.296 e. The van der Waals surface area contributed by atoms with Gasteiger partial charge in [-0.3, -0.25) is 4.90 Å². The molecule has 124 valence electrons. The lowest BCUT2D eigenvalue weighted by atomic mass is 9.79. The van der Waals surface area contributed by atoms with E-state index in [0.717, 1.165) is 25.9 Å². The van der Waals surface area contributed by atoms with Crippen molar-refractivity contribution >= 4 is 21.6 Å². The monoisotopic (exact) mass is 336 g/mol. The normalized spacial score (nSPS) is 24.0. The lowest BCUT2D eigenvalue weighted by Gasteiger charge is -2.48. The predicted molar refractivity (Wildman–Crippen MR) is 88.4 cm³/mol. The average Bonchev–Trinajstić information content (AvgIpc) is 2.53. The Bertz CT molecular complexity index is 402. The summed E-state index contributed by atoms with van der Waals surface area (Å²) >= 11 is 5.61. The molecule has 0 aromatic heterocycles. The minimum atomic E-state index is -3.18. The van der Waals surface area contributed by atoms with Gasteiger partial charge in [0.15, 0.2) is 0 Å². The van der Waals surface area contributed by atoms with Crippen LogP contribution in [0.15, 0.2) is 0 Å². The molecule has 0 radical (unpaired) electrons. The van der Waals surface area contributed by atoms with Crippen LogP contribution in [0.25, 0.3) is 0 Å². The highest BCUT2D eigenvalue weighted by Gasteiger charge is 2.38. The molecule has 1 N–H and O–H groups in total. The Labute approximate surface area is 134 Å². The van der Waals surface area contributed by atoms with E-state index in [4.69, 9.17) is 11.6 Å². The van der Waals surface area contributed by atoms with Gasteiger partial charge in [-0.2, -0.15) is 0 Å². The van der Waals surface area contributed by atoms with E-state index in [-0.39, 0.29) is 11.3 Å². The molecule has 0 spiro atoms. The van der Waals surface area contributed by atoms with E-state index in [1.807, 2.05) is 0 Å². The van der Waals surface area contributed by atoms with Gasteiger partial charge in [-0.05, 0) is 45.2 Å². The summed E-state index contributed by atoms with van der Waals surface area (Å²) in [6, 6.07) is 0. The summed E-state index contributed by atoms with van der Waals surface area (Å²) in [5.74, 6) is 0.546. The van der Waals surface area contributed by atoms with Crippen molar-refractivity contribution in [2.75, 3.05) is 31.3 Å². The van der Waals surface area contributed by atoms with Crippen LogP contribution in [-0.4, -0.2) is 50.1 Å². The standard InChI is InChI=1S/C15H29ClN2O2S/c16-10-7-13-21(19,20)17-14-15(8-3-1-4-9-15)18-11-5-2-6-12-18/h17H,1-14H2. The maximum Gasteiger partial charge on any atom is 0.211 e. The molecule has 0 aromatic carbocycles. The number of sulfonamides is 1. The first kappa shape index (κ1) is 17.5. The first-order chi connectivity index (χ1) is 10.1. The van der Waals surface area contributed by atoms with Gasteiger partial charge in [0.1, 0.15) is 0 Å². The van der Waals surface area contributed by atoms with Gasteiger partial charge in [-0.15, -0.1) is 11.6 Å². The van der Waals surface area contributed by atoms with Crippen LogP contribution < -0.4 is 4.72 Å². The number of alkyl halides is 1. The minimum absolute atomic E-state index is 0.0622. The molecule has 0 aromatic rings. The third-order valence-corrected chi connectivity index (χ3v) is 6.66. The number of likely N-dealkylation sites (tertiary alicyclic amines) is 1. The van der Waals surface area contributed by atoms with E-state index in [2.05, 4.69) is 9.62 Å². The Morgan fingerprint density at radius 2 is 1.62 bits per heavy atom. The molecule has 1 saturated heterocycles. The van der Waals surface area contributed by atoms with Gasteiger partial charge in [0.05, 0.1) is 5.75 Å². The fourth-order valence-corrected chi connectivity index (χ4v) is 5.19. The second-order valence-corrected chi connectivity index (χ2v) is 8.82. The number of halogens is 1. The van der Waals surface area contributed by atoms with Crippen molar-refractivity contribution in [3.8, 4) is 0 Å². The molecule has 1 heterocycles. The molecule has 1 aliphatic carbocycles. The molecule has 6 heteroatoms. The zero-order valence-electron chi connectivity index (χ0n) is 12.9. The molecule has 0 unspecified atom stereocenters. The molecule has 0 amide bonds. The average molecular weight is 337 g/mol. The van der Waals surface area contributed by atoms with Crippen LogP contribution in [0.2, 0.25) is 0 Å². The molecule has 21 heavy (non-hydrogen) atoms. The zero-order chi connectivity index (χ0) is 15.2. The van der Waals surface area contributed by atoms with E-state index in [9.17, 15) is 8.42 Å². The highest BCUT2D eigenvalue weighted by Crippen LogP contribution is 2.35. The Kier molecular flexibility index (Phi) is 6.79. The lowest BCUT2D eigenvalue weighted by Crippen LogP contribution is -2.58. The Morgan fingerprint density at radius 3 is 2.24 bits per heavy atom. The fourth-order valence-electron chi connectivity index (χ4n) is 3.74. The smallest absolute Gasteiger partial charge is 0.211 e. The molecule has 2 fully saturated rings. The third-order valence-electron chi connectivity index (χ3n) is 4.98. The van der Waals surface area contributed by atoms with E-state index in [1.54, 1.807) is 0 Å². The van der Waals surface area contributed by atoms with Crippen LogP contribution >= 0.6 is 11.6 Å². The Morgan fingerprint density at radius 1 is 1.00 bits per heavy atom. The molecule has 0 bridgehead atoms. The van der Waals surface area contributed by atoms with E-state index in [0.29, 0.717) is 18.8 Å². The number of rotatable bonds is 7. The lowest BCUT2D eigenvalue weighted by molar-refractivity contribution is 0.0376. The van der Waals surface area contributed by atoms with Crippen molar-refractivity contribution in [3.05, 3.63) is 0 Å². The highest BCUT2D eigenvalue weighted by molar-refractivity contribution is 7.89. The molecule has 2 aliphatic rings. The van der Waals surface area contributed by atoms with Crippen molar-refractivity contribution in [2.45, 2.75) is 63.3 Å². The maximum absolute atomic E-state index is 12.1. The van der Waals surface area contributed by atoms with Crippen molar-refractivity contribution in [2.24, 2.45) is 0 Å². The summed E-state index contributed by atoms with van der Waals surface area (Å²) in [6.07, 6.45) is 10.3. The predicted octanol–water partition coefficient (Wildman–Crippen LogP) is 2.72. The van der Waals surface area contributed by atoms with Crippen LogP contribution in [0.5, 0.6) is 0 Å². The van der Waals surface area contributed by atoms with Crippen LogP contribution in [0.3, 0.4) is 0 Å². The number of piperidine rings is 1. The summed E-state index contributed by atoms with van der Waals surface area (Å²) in [6.45, 7) is 2.84. The zero-order valence-corrected chi connectivity index (χ0v) is 14.5. The molecule has 1 saturated carbocycles. The van der Waals surface area contributed by atoms with Crippen molar-refractivity contribution in [1.29, 1.82) is 0 Å². The van der Waals surface area contributed by atoms with E-state index in [1.165, 1.54) is 38.5 Å². The first-order valence-electron chi connectivity index (χ1n) is 8.36. The first-order valence-corrected chi connectivity index (χ1v) is 10.6. The quantitative estimate of drug-likeness (QED) is 0.727. The molecule has 1 aliphatic heterocycles. The van der Waals surface area contributed by atoms with Gasteiger partial charge in [-0.1, -0.05) is 25.7 Å². The molecular weight excluding hydrogens is 308 g/mol. The SMILES string of the molecule is O=S(=O)(CCCCl)NCC1(N2CCCCC2)CCCCC1. The third kappa shape index (κ3) is 5.08. The fraction of sp³-hybridized carbons (Fsp3) is 1.00. The van der Waals surface area contributed by atoms with Crippen molar-refractivity contribution in [1.82, 2.24) is 9.62 Å². The van der Waals surface area contributed by atoms with Gasteiger partial charge in [0.2, 0.25) is 10.0 Å². The molecule has 4 nitrogen and oxygen atoms in total. The van der Waals surface area contributed by atoms with Crippen molar-refractivity contribution < 1.29 is 8.42 Å². The van der Waals surface area contributed by atoms with Crippen LogP contribution in [0.4, 0.5) is 0 Å². The molecule has 0 atom stereocenters. The number of hydrogen-bond donors (Lipinski definition) is 1. The van der Waals surface area contributed by atoms with Gasteiger partial charge in [0, 0.05) is 18.0 Å². The van der Waals surface area contributed by atoms with Gasteiger partial charge < -0.3 is 0 Å². The van der Waals surface area contributed by atoms with E-state index < -0.39 is 10.0 Å². The largest absolute Gasteiger partial charge is 0.296 e. The summed E-state index contributed by atoms with van der Waals surface area (Å²) in [5.41, 5.74) is 0.0622. The van der Waals surface area contributed by atoms with E-state index >= 15 is 0 Å². The number of hydrogen-bond acceptors (Lipinski definition) is 3.